The van der Waals surface area contributed by atoms with Crippen molar-refractivity contribution < 1.29 is 0 Å². The van der Waals surface area contributed by atoms with E-state index in [4.69, 9.17) is 0 Å². The maximum absolute atomic E-state index is 4.38. The van der Waals surface area contributed by atoms with Crippen LogP contribution < -0.4 is 10.6 Å². The van der Waals surface area contributed by atoms with Gasteiger partial charge in [0.2, 0.25) is 0 Å². The van der Waals surface area contributed by atoms with Gasteiger partial charge in [0.05, 0.1) is 6.54 Å². The first-order valence-corrected chi connectivity index (χ1v) is 7.29. The molecule has 2 N–H and O–H groups in total. The summed E-state index contributed by atoms with van der Waals surface area (Å²) in [6.45, 7) is 9.43. The zero-order valence-corrected chi connectivity index (χ0v) is 15.5. The van der Waals surface area contributed by atoms with Crippen LogP contribution in [0.15, 0.2) is 11.2 Å². The number of nitrogens with one attached hydrogen (secondary N) is 2. The largest absolute Gasteiger partial charge is 0.354 e. The van der Waals surface area contributed by atoms with Crippen LogP contribution in [0, 0.1) is 5.92 Å². The van der Waals surface area contributed by atoms with Gasteiger partial charge in [0.1, 0.15) is 5.01 Å². The van der Waals surface area contributed by atoms with E-state index in [1.54, 1.807) is 18.4 Å². The SMILES string of the molecule is CCc1cnc(CNC(=NC)NC(C)C(C)C)s1.I. The molecule has 6 heteroatoms. The van der Waals surface area contributed by atoms with Gasteiger partial charge in [-0.15, -0.1) is 35.3 Å². The van der Waals surface area contributed by atoms with Crippen LogP contribution in [-0.4, -0.2) is 24.0 Å². The van der Waals surface area contributed by atoms with Gasteiger partial charge in [-0.3, -0.25) is 4.99 Å². The first kappa shape index (κ1) is 18.6. The van der Waals surface area contributed by atoms with Crippen LogP contribution in [-0.2, 0) is 13.0 Å². The van der Waals surface area contributed by atoms with Gasteiger partial charge in [-0.2, -0.15) is 0 Å². The Hall–Kier alpha value is -0.370. The first-order valence-electron chi connectivity index (χ1n) is 6.47. The minimum Gasteiger partial charge on any atom is -0.354 e. The predicted octanol–water partition coefficient (Wildman–Crippen LogP) is 3.03. The molecule has 110 valence electrons. The quantitative estimate of drug-likeness (QED) is 0.457. The third-order valence-electron chi connectivity index (χ3n) is 2.94. The zero-order valence-electron chi connectivity index (χ0n) is 12.4. The van der Waals surface area contributed by atoms with E-state index in [1.165, 1.54) is 4.88 Å². The number of hydrogen-bond acceptors (Lipinski definition) is 3. The van der Waals surface area contributed by atoms with Crippen LogP contribution in [0.3, 0.4) is 0 Å². The zero-order chi connectivity index (χ0) is 13.5. The van der Waals surface area contributed by atoms with Crippen LogP contribution in [0.4, 0.5) is 0 Å². The van der Waals surface area contributed by atoms with Crippen molar-refractivity contribution >= 4 is 41.3 Å². The van der Waals surface area contributed by atoms with Crippen molar-refractivity contribution in [3.05, 3.63) is 16.1 Å². The van der Waals surface area contributed by atoms with E-state index in [9.17, 15) is 0 Å². The van der Waals surface area contributed by atoms with Crippen molar-refractivity contribution in [2.24, 2.45) is 10.9 Å². The van der Waals surface area contributed by atoms with Crippen LogP contribution in [0.5, 0.6) is 0 Å². The molecule has 1 unspecified atom stereocenters. The molecule has 0 aliphatic carbocycles. The first-order chi connectivity index (χ1) is 8.56. The van der Waals surface area contributed by atoms with E-state index < -0.39 is 0 Å². The van der Waals surface area contributed by atoms with Gasteiger partial charge in [-0.05, 0) is 19.3 Å². The highest BCUT2D eigenvalue weighted by atomic mass is 127. The standard InChI is InChI=1S/C13H24N4S.HI/c1-6-11-7-15-12(18-11)8-16-13(14-5)17-10(4)9(2)3;/h7,9-10H,6,8H2,1-5H3,(H2,14,16,17);1H. The van der Waals surface area contributed by atoms with Gasteiger partial charge in [0.25, 0.3) is 0 Å². The van der Waals surface area contributed by atoms with E-state index in [0.29, 0.717) is 12.0 Å². The maximum Gasteiger partial charge on any atom is 0.191 e. The summed E-state index contributed by atoms with van der Waals surface area (Å²) in [6, 6.07) is 0.402. The number of rotatable bonds is 5. The fourth-order valence-electron chi connectivity index (χ4n) is 1.33. The van der Waals surface area contributed by atoms with Crippen molar-refractivity contribution in [2.75, 3.05) is 7.05 Å². The molecule has 1 aromatic rings. The Morgan fingerprint density at radius 1 is 1.42 bits per heavy atom. The summed E-state index contributed by atoms with van der Waals surface area (Å²) in [7, 11) is 1.79. The van der Waals surface area contributed by atoms with Crippen LogP contribution in [0.2, 0.25) is 0 Å². The van der Waals surface area contributed by atoms with Crippen molar-refractivity contribution in [3.8, 4) is 0 Å². The molecule has 1 rings (SSSR count). The molecule has 0 amide bonds. The molecule has 0 aliphatic rings. The lowest BCUT2D eigenvalue weighted by molar-refractivity contribution is 0.481. The number of guanidine groups is 1. The molecule has 0 saturated heterocycles. The molecular formula is C13H25IN4S. The summed E-state index contributed by atoms with van der Waals surface area (Å²) in [5.41, 5.74) is 0. The van der Waals surface area contributed by atoms with Crippen molar-refractivity contribution in [3.63, 3.8) is 0 Å². The van der Waals surface area contributed by atoms with E-state index >= 15 is 0 Å². The summed E-state index contributed by atoms with van der Waals surface area (Å²) in [5, 5.41) is 7.77. The number of aromatic nitrogens is 1. The molecule has 0 bridgehead atoms. The third kappa shape index (κ3) is 6.56. The molecule has 0 saturated carbocycles. The number of hydrogen-bond donors (Lipinski definition) is 2. The smallest absolute Gasteiger partial charge is 0.191 e. The van der Waals surface area contributed by atoms with Crippen molar-refractivity contribution in [1.82, 2.24) is 15.6 Å². The normalized spacial score (nSPS) is 13.1. The highest BCUT2D eigenvalue weighted by Crippen LogP contribution is 2.12. The van der Waals surface area contributed by atoms with E-state index in [-0.39, 0.29) is 24.0 Å². The topological polar surface area (TPSA) is 49.3 Å². The van der Waals surface area contributed by atoms with Gasteiger partial charge in [-0.1, -0.05) is 20.8 Å². The van der Waals surface area contributed by atoms with Gasteiger partial charge in [0.15, 0.2) is 5.96 Å². The molecule has 0 radical (unpaired) electrons. The second kappa shape index (κ2) is 9.52. The summed E-state index contributed by atoms with van der Waals surface area (Å²) in [5.74, 6) is 1.42. The van der Waals surface area contributed by atoms with Crippen LogP contribution >= 0.6 is 35.3 Å². The van der Waals surface area contributed by atoms with Gasteiger partial charge in [0, 0.05) is 24.2 Å². The molecule has 0 aromatic carbocycles. The van der Waals surface area contributed by atoms with Gasteiger partial charge < -0.3 is 10.6 Å². The van der Waals surface area contributed by atoms with Gasteiger partial charge in [-0.25, -0.2) is 4.98 Å². The molecule has 0 fully saturated rings. The molecule has 1 atom stereocenters. The minimum absolute atomic E-state index is 0. The number of thiazole rings is 1. The number of aliphatic imine (C=N–C) groups is 1. The fraction of sp³-hybridized carbons (Fsp3) is 0.692. The lowest BCUT2D eigenvalue weighted by Gasteiger charge is -2.20. The molecule has 0 aliphatic heterocycles. The second-order valence-corrected chi connectivity index (χ2v) is 5.88. The molecule has 1 aromatic heterocycles. The Morgan fingerprint density at radius 2 is 2.11 bits per heavy atom. The van der Waals surface area contributed by atoms with Crippen molar-refractivity contribution in [1.29, 1.82) is 0 Å². The highest BCUT2D eigenvalue weighted by Gasteiger charge is 2.09. The van der Waals surface area contributed by atoms with Crippen molar-refractivity contribution in [2.45, 2.75) is 46.7 Å². The summed E-state index contributed by atoms with van der Waals surface area (Å²) >= 11 is 1.75. The summed E-state index contributed by atoms with van der Waals surface area (Å²) in [6.07, 6.45) is 3.00. The number of aryl methyl sites for hydroxylation is 1. The average molecular weight is 396 g/mol. The van der Waals surface area contributed by atoms with Crippen LogP contribution in [0.1, 0.15) is 37.6 Å². The van der Waals surface area contributed by atoms with E-state index in [0.717, 1.165) is 23.9 Å². The Balaban J connectivity index is 0.00000324. The summed E-state index contributed by atoms with van der Waals surface area (Å²) < 4.78 is 0. The van der Waals surface area contributed by atoms with E-state index in [1.807, 2.05) is 6.20 Å². The maximum atomic E-state index is 4.38. The lowest BCUT2D eigenvalue weighted by atomic mass is 10.1. The average Bonchev–Trinajstić information content (AvgIpc) is 2.81. The Morgan fingerprint density at radius 3 is 2.58 bits per heavy atom. The van der Waals surface area contributed by atoms with Crippen LogP contribution in [0.25, 0.3) is 0 Å². The molecular weight excluding hydrogens is 371 g/mol. The summed E-state index contributed by atoms with van der Waals surface area (Å²) in [4.78, 5) is 9.93. The number of nitrogens with zero attached hydrogens (tertiary/aromatic N) is 2. The molecule has 1 heterocycles. The predicted molar refractivity (Wildman–Crippen MR) is 94.5 cm³/mol. The lowest BCUT2D eigenvalue weighted by Crippen LogP contribution is -2.43. The van der Waals surface area contributed by atoms with E-state index in [2.05, 4.69) is 48.3 Å². The van der Waals surface area contributed by atoms with Gasteiger partial charge >= 0.3 is 0 Å². The fourth-order valence-corrected chi connectivity index (χ4v) is 2.13. The second-order valence-electron chi connectivity index (χ2n) is 4.68. The highest BCUT2D eigenvalue weighted by molar-refractivity contribution is 14.0. The Kier molecular flexibility index (Phi) is 9.34. The Labute approximate surface area is 137 Å². The molecule has 0 spiro atoms. The molecule has 19 heavy (non-hydrogen) atoms. The monoisotopic (exact) mass is 396 g/mol. The number of halogens is 1. The molecule has 4 nitrogen and oxygen atoms in total. The third-order valence-corrected chi connectivity index (χ3v) is 4.09. The minimum atomic E-state index is 0. The Bertz CT molecular complexity index is 390.